The molecule has 15 heavy (non-hydrogen) atoms. The minimum atomic E-state index is -0.248. The van der Waals surface area contributed by atoms with E-state index in [1.807, 2.05) is 12.1 Å². The number of nitrogens with one attached hydrogen (secondary N) is 1. The van der Waals surface area contributed by atoms with E-state index in [2.05, 4.69) is 37.2 Å². The minimum Gasteiger partial charge on any atom is -0.495 e. The first-order chi connectivity index (χ1) is 7.19. The first-order valence-electron chi connectivity index (χ1n) is 4.33. The van der Waals surface area contributed by atoms with Crippen LogP contribution < -0.4 is 10.1 Å². The van der Waals surface area contributed by atoms with Crippen LogP contribution in [0.25, 0.3) is 0 Å². The molecule has 1 N–H and O–H groups in total. The zero-order valence-corrected chi connectivity index (χ0v) is 11.3. The van der Waals surface area contributed by atoms with Crippen molar-refractivity contribution in [3.8, 4) is 5.75 Å². The first-order valence-corrected chi connectivity index (χ1v) is 6.36. The largest absolute Gasteiger partial charge is 0.495 e. The van der Waals surface area contributed by atoms with Gasteiger partial charge < -0.3 is 10.1 Å². The lowest BCUT2D eigenvalue weighted by Crippen LogP contribution is -2.24. The smallest absolute Gasteiger partial charge is 0.239 e. The summed E-state index contributed by atoms with van der Waals surface area (Å²) in [5, 5.41) is 3.33. The number of methoxy groups -OCH3 is 1. The van der Waals surface area contributed by atoms with E-state index >= 15 is 0 Å². The number of benzene rings is 1. The maximum absolute atomic E-state index is 11.6. The standard InChI is InChI=1S/C10H11Br2NO2/c1-15-9-5-3-2-4-8(9)13-10(14)7(12)6-11/h2-5,7H,6H2,1H3,(H,13,14). The van der Waals surface area contributed by atoms with E-state index in [1.165, 1.54) is 0 Å². The monoisotopic (exact) mass is 335 g/mol. The lowest BCUT2D eigenvalue weighted by atomic mass is 10.3. The van der Waals surface area contributed by atoms with Gasteiger partial charge >= 0.3 is 0 Å². The Morgan fingerprint density at radius 1 is 1.53 bits per heavy atom. The molecule has 0 bridgehead atoms. The maximum Gasteiger partial charge on any atom is 0.239 e. The highest BCUT2D eigenvalue weighted by molar-refractivity contribution is 9.12. The summed E-state index contributed by atoms with van der Waals surface area (Å²) >= 11 is 6.47. The Labute approximate surface area is 105 Å². The molecule has 82 valence electrons. The SMILES string of the molecule is COc1ccccc1NC(=O)C(Br)CBr. The Kier molecular flexibility index (Phi) is 5.11. The molecule has 0 radical (unpaired) electrons. The topological polar surface area (TPSA) is 38.3 Å². The second-order valence-electron chi connectivity index (χ2n) is 2.81. The van der Waals surface area contributed by atoms with Crippen molar-refractivity contribution in [3.05, 3.63) is 24.3 Å². The molecule has 0 saturated carbocycles. The second-order valence-corrected chi connectivity index (χ2v) is 4.56. The molecule has 1 aromatic carbocycles. The Balaban J connectivity index is 2.76. The predicted octanol–water partition coefficient (Wildman–Crippen LogP) is 2.79. The van der Waals surface area contributed by atoms with Gasteiger partial charge in [-0.05, 0) is 12.1 Å². The van der Waals surface area contributed by atoms with E-state index in [0.717, 1.165) is 0 Å². The zero-order chi connectivity index (χ0) is 11.3. The molecule has 5 heteroatoms. The Morgan fingerprint density at radius 2 is 2.20 bits per heavy atom. The van der Waals surface area contributed by atoms with Crippen molar-refractivity contribution < 1.29 is 9.53 Å². The predicted molar refractivity (Wildman–Crippen MR) is 68.1 cm³/mol. The second kappa shape index (κ2) is 6.12. The lowest BCUT2D eigenvalue weighted by molar-refractivity contribution is -0.115. The third-order valence-corrected chi connectivity index (χ3v) is 4.04. The van der Waals surface area contributed by atoms with E-state index in [1.54, 1.807) is 19.2 Å². The number of ether oxygens (including phenoxy) is 1. The highest BCUT2D eigenvalue weighted by Gasteiger charge is 2.14. The number of hydrogen-bond acceptors (Lipinski definition) is 2. The van der Waals surface area contributed by atoms with Crippen LogP contribution in [-0.2, 0) is 4.79 Å². The van der Waals surface area contributed by atoms with Gasteiger partial charge in [0.05, 0.1) is 12.8 Å². The van der Waals surface area contributed by atoms with Crippen LogP contribution in [0.5, 0.6) is 5.75 Å². The van der Waals surface area contributed by atoms with Gasteiger partial charge in [0.15, 0.2) is 0 Å². The quantitative estimate of drug-likeness (QED) is 0.859. The van der Waals surface area contributed by atoms with E-state index in [-0.39, 0.29) is 10.7 Å². The van der Waals surface area contributed by atoms with Crippen LogP contribution in [0.3, 0.4) is 0 Å². The summed E-state index contributed by atoms with van der Waals surface area (Å²) in [7, 11) is 1.57. The van der Waals surface area contributed by atoms with Crippen molar-refractivity contribution in [2.24, 2.45) is 0 Å². The van der Waals surface area contributed by atoms with Gasteiger partial charge in [0, 0.05) is 5.33 Å². The number of hydrogen-bond donors (Lipinski definition) is 1. The van der Waals surface area contributed by atoms with Crippen LogP contribution >= 0.6 is 31.9 Å². The van der Waals surface area contributed by atoms with E-state index in [4.69, 9.17) is 4.74 Å². The highest BCUT2D eigenvalue weighted by Crippen LogP contribution is 2.23. The molecule has 1 amide bonds. The van der Waals surface area contributed by atoms with Crippen molar-refractivity contribution in [2.75, 3.05) is 17.8 Å². The fourth-order valence-corrected chi connectivity index (χ4v) is 1.44. The zero-order valence-electron chi connectivity index (χ0n) is 8.17. The van der Waals surface area contributed by atoms with Gasteiger partial charge in [0.1, 0.15) is 10.6 Å². The van der Waals surface area contributed by atoms with Crippen molar-refractivity contribution in [2.45, 2.75) is 4.83 Å². The normalized spacial score (nSPS) is 11.9. The fourth-order valence-electron chi connectivity index (χ4n) is 1.03. The van der Waals surface area contributed by atoms with Gasteiger partial charge in [-0.15, -0.1) is 0 Å². The number of halogens is 2. The molecule has 1 atom stereocenters. The molecule has 1 unspecified atom stereocenters. The fraction of sp³-hybridized carbons (Fsp3) is 0.300. The number of rotatable bonds is 4. The lowest BCUT2D eigenvalue weighted by Gasteiger charge is -2.11. The Bertz CT molecular complexity index is 344. The summed E-state index contributed by atoms with van der Waals surface area (Å²) in [5.41, 5.74) is 0.676. The summed E-state index contributed by atoms with van der Waals surface area (Å²) in [4.78, 5) is 11.3. The number of para-hydroxylation sites is 2. The van der Waals surface area contributed by atoms with Gasteiger partial charge in [-0.3, -0.25) is 4.79 Å². The number of carbonyl (C=O) groups excluding carboxylic acids is 1. The number of anilines is 1. The third kappa shape index (κ3) is 3.50. The van der Waals surface area contributed by atoms with Crippen LogP contribution in [0.15, 0.2) is 24.3 Å². The number of alkyl halides is 2. The van der Waals surface area contributed by atoms with Crippen LogP contribution in [-0.4, -0.2) is 23.2 Å². The van der Waals surface area contributed by atoms with Crippen molar-refractivity contribution in [3.63, 3.8) is 0 Å². The van der Waals surface area contributed by atoms with Crippen molar-refractivity contribution in [1.29, 1.82) is 0 Å². The van der Waals surface area contributed by atoms with E-state index in [9.17, 15) is 4.79 Å². The van der Waals surface area contributed by atoms with Crippen LogP contribution in [0.4, 0.5) is 5.69 Å². The average Bonchev–Trinajstić information content (AvgIpc) is 2.28. The van der Waals surface area contributed by atoms with Gasteiger partial charge in [0.25, 0.3) is 0 Å². The number of amides is 1. The average molecular weight is 337 g/mol. The Hall–Kier alpha value is -0.550. The summed E-state index contributed by atoms with van der Waals surface area (Å²) in [6.07, 6.45) is 0. The number of carbonyl (C=O) groups is 1. The molecule has 0 spiro atoms. The molecule has 0 heterocycles. The summed E-state index contributed by atoms with van der Waals surface area (Å²) < 4.78 is 5.12. The maximum atomic E-state index is 11.6. The molecule has 0 saturated heterocycles. The van der Waals surface area contributed by atoms with Crippen molar-refractivity contribution in [1.82, 2.24) is 0 Å². The molecular weight excluding hydrogens is 326 g/mol. The molecule has 1 rings (SSSR count). The molecule has 0 aromatic heterocycles. The molecule has 1 aromatic rings. The van der Waals surface area contributed by atoms with Gasteiger partial charge in [-0.2, -0.15) is 0 Å². The third-order valence-electron chi connectivity index (χ3n) is 1.78. The molecule has 0 aliphatic heterocycles. The molecule has 0 aliphatic carbocycles. The minimum absolute atomic E-state index is 0.101. The molecule has 3 nitrogen and oxygen atoms in total. The Morgan fingerprint density at radius 3 is 2.80 bits per heavy atom. The van der Waals surface area contributed by atoms with Gasteiger partial charge in [0.2, 0.25) is 5.91 Å². The molecule has 0 fully saturated rings. The van der Waals surface area contributed by atoms with Crippen LogP contribution in [0, 0.1) is 0 Å². The summed E-state index contributed by atoms with van der Waals surface area (Å²) in [6, 6.07) is 7.29. The van der Waals surface area contributed by atoms with Crippen LogP contribution in [0.1, 0.15) is 0 Å². The van der Waals surface area contributed by atoms with Gasteiger partial charge in [-0.1, -0.05) is 44.0 Å². The van der Waals surface area contributed by atoms with Crippen LogP contribution in [0.2, 0.25) is 0 Å². The summed E-state index contributed by atoms with van der Waals surface area (Å²) in [6.45, 7) is 0. The van der Waals surface area contributed by atoms with Gasteiger partial charge in [-0.25, -0.2) is 0 Å². The molecular formula is C10H11Br2NO2. The van der Waals surface area contributed by atoms with E-state index in [0.29, 0.717) is 16.8 Å². The van der Waals surface area contributed by atoms with Crippen molar-refractivity contribution >= 4 is 43.5 Å². The molecule has 0 aliphatic rings. The summed E-state index contributed by atoms with van der Waals surface area (Å²) in [5.74, 6) is 0.552. The first kappa shape index (κ1) is 12.5. The highest BCUT2D eigenvalue weighted by atomic mass is 79.9. The van der Waals surface area contributed by atoms with E-state index < -0.39 is 0 Å².